The van der Waals surface area contributed by atoms with Crippen LogP contribution in [-0.2, 0) is 30.5 Å². The first kappa shape index (κ1) is 15.8. The van der Waals surface area contributed by atoms with Crippen molar-refractivity contribution in [2.75, 3.05) is 19.8 Å². The predicted molar refractivity (Wildman–Crippen MR) is 69.1 cm³/mol. The highest BCUT2D eigenvalue weighted by molar-refractivity contribution is 7.90. The summed E-state index contributed by atoms with van der Waals surface area (Å²) in [6.07, 6.45) is 1.36. The standard InChI is InChI=1S/C10H14N2O5S2/c1-11-7-10(13)17-12-19(15,16)9-6-4-3-5-8(9)18(2)14/h3-6,11-12H,7H2,1-2H3. The first-order valence-electron chi connectivity index (χ1n) is 5.17. The van der Waals surface area contributed by atoms with E-state index in [1.54, 1.807) is 11.0 Å². The summed E-state index contributed by atoms with van der Waals surface area (Å²) in [4.78, 5) is 17.1. The van der Waals surface area contributed by atoms with Crippen LogP contribution in [0.1, 0.15) is 0 Å². The highest BCUT2D eigenvalue weighted by Gasteiger charge is 2.21. The number of likely N-dealkylation sites (N-methyl/N-ethyl adjacent to an activating group) is 1. The molecule has 2 N–H and O–H groups in total. The quantitative estimate of drug-likeness (QED) is 0.679. The van der Waals surface area contributed by atoms with Gasteiger partial charge >= 0.3 is 5.97 Å². The van der Waals surface area contributed by atoms with Gasteiger partial charge in [0.25, 0.3) is 10.0 Å². The van der Waals surface area contributed by atoms with E-state index in [1.807, 2.05) is 0 Å². The molecule has 0 fully saturated rings. The van der Waals surface area contributed by atoms with E-state index in [1.165, 1.54) is 31.5 Å². The second-order valence-corrected chi connectivity index (χ2v) is 6.45. The summed E-state index contributed by atoms with van der Waals surface area (Å²) in [7, 11) is -4.02. The molecule has 1 unspecified atom stereocenters. The normalized spacial score (nSPS) is 12.9. The summed E-state index contributed by atoms with van der Waals surface area (Å²) >= 11 is 0. The van der Waals surface area contributed by atoms with Gasteiger partial charge in [-0.15, -0.1) is 0 Å². The van der Waals surface area contributed by atoms with Crippen molar-refractivity contribution >= 4 is 26.8 Å². The van der Waals surface area contributed by atoms with Crippen LogP contribution >= 0.6 is 0 Å². The van der Waals surface area contributed by atoms with E-state index in [4.69, 9.17) is 0 Å². The number of carbonyl (C=O) groups excluding carboxylic acids is 1. The Morgan fingerprint density at radius 1 is 1.37 bits per heavy atom. The SMILES string of the molecule is CNCC(=O)ONS(=O)(=O)c1ccccc1S(C)=O. The lowest BCUT2D eigenvalue weighted by molar-refractivity contribution is -0.145. The summed E-state index contributed by atoms with van der Waals surface area (Å²) in [6.45, 7) is -0.135. The van der Waals surface area contributed by atoms with Crippen molar-refractivity contribution in [2.24, 2.45) is 0 Å². The summed E-state index contributed by atoms with van der Waals surface area (Å²) < 4.78 is 35.3. The fourth-order valence-corrected chi connectivity index (χ4v) is 3.42. The largest absolute Gasteiger partial charge is 0.354 e. The average molecular weight is 306 g/mol. The molecule has 7 nitrogen and oxygen atoms in total. The lowest BCUT2D eigenvalue weighted by Gasteiger charge is -2.09. The topological polar surface area (TPSA) is 102 Å². The van der Waals surface area contributed by atoms with Gasteiger partial charge < -0.3 is 10.2 Å². The van der Waals surface area contributed by atoms with E-state index in [0.29, 0.717) is 0 Å². The van der Waals surface area contributed by atoms with Gasteiger partial charge in [0.2, 0.25) is 0 Å². The summed E-state index contributed by atoms with van der Waals surface area (Å²) in [5, 5.41) is 2.52. The Labute approximate surface area is 113 Å². The zero-order valence-corrected chi connectivity index (χ0v) is 12.0. The van der Waals surface area contributed by atoms with E-state index in [2.05, 4.69) is 10.2 Å². The molecular weight excluding hydrogens is 292 g/mol. The minimum atomic E-state index is -4.06. The molecule has 0 aromatic heterocycles. The van der Waals surface area contributed by atoms with Crippen molar-refractivity contribution in [3.05, 3.63) is 24.3 Å². The van der Waals surface area contributed by atoms with Gasteiger partial charge in [-0.25, -0.2) is 13.2 Å². The van der Waals surface area contributed by atoms with Crippen molar-refractivity contribution in [1.82, 2.24) is 10.2 Å². The molecule has 9 heteroatoms. The lowest BCUT2D eigenvalue weighted by atomic mass is 10.4. The minimum Gasteiger partial charge on any atom is -0.354 e. The van der Waals surface area contributed by atoms with Gasteiger partial charge in [-0.2, -0.15) is 0 Å². The van der Waals surface area contributed by atoms with Crippen molar-refractivity contribution < 1.29 is 22.3 Å². The predicted octanol–water partition coefficient (Wildman–Crippen LogP) is -0.620. The zero-order valence-electron chi connectivity index (χ0n) is 10.4. The Morgan fingerprint density at radius 3 is 2.58 bits per heavy atom. The van der Waals surface area contributed by atoms with Gasteiger partial charge in [0, 0.05) is 6.26 Å². The third kappa shape index (κ3) is 4.39. The molecule has 0 bridgehead atoms. The Morgan fingerprint density at radius 2 is 2.00 bits per heavy atom. The Hall–Kier alpha value is -1.29. The van der Waals surface area contributed by atoms with Gasteiger partial charge in [-0.05, 0) is 24.1 Å². The molecule has 1 aromatic carbocycles. The molecule has 0 saturated heterocycles. The lowest BCUT2D eigenvalue weighted by Crippen LogP contribution is -2.32. The van der Waals surface area contributed by atoms with Crippen LogP contribution in [0.2, 0.25) is 0 Å². The molecule has 0 aliphatic heterocycles. The first-order chi connectivity index (χ1) is 8.88. The molecule has 0 aliphatic carbocycles. The highest BCUT2D eigenvalue weighted by Crippen LogP contribution is 2.17. The molecule has 0 amide bonds. The molecule has 0 spiro atoms. The Kier molecular flexibility index (Phi) is 5.60. The van der Waals surface area contributed by atoms with Gasteiger partial charge in [-0.1, -0.05) is 12.1 Å². The van der Waals surface area contributed by atoms with Crippen LogP contribution in [0.5, 0.6) is 0 Å². The van der Waals surface area contributed by atoms with Crippen LogP contribution < -0.4 is 10.2 Å². The number of rotatable bonds is 6. The van der Waals surface area contributed by atoms with Crippen LogP contribution in [0.25, 0.3) is 0 Å². The van der Waals surface area contributed by atoms with Crippen molar-refractivity contribution in [3.63, 3.8) is 0 Å². The van der Waals surface area contributed by atoms with Crippen LogP contribution in [0, 0.1) is 0 Å². The van der Waals surface area contributed by atoms with E-state index in [-0.39, 0.29) is 16.3 Å². The number of benzene rings is 1. The maximum Gasteiger partial charge on any atom is 0.339 e. The summed E-state index contributed by atoms with van der Waals surface area (Å²) in [5.41, 5.74) is 0. The van der Waals surface area contributed by atoms with Crippen LogP contribution in [0.15, 0.2) is 34.1 Å². The van der Waals surface area contributed by atoms with Crippen molar-refractivity contribution in [3.8, 4) is 0 Å². The molecule has 106 valence electrons. The number of nitrogens with one attached hydrogen (secondary N) is 2. The number of hydrogen-bond acceptors (Lipinski definition) is 6. The van der Waals surface area contributed by atoms with E-state index >= 15 is 0 Å². The summed E-state index contributed by atoms with van der Waals surface area (Å²) in [6, 6.07) is 5.77. The number of hydrogen-bond donors (Lipinski definition) is 2. The smallest absolute Gasteiger partial charge is 0.339 e. The zero-order chi connectivity index (χ0) is 14.5. The second-order valence-electron chi connectivity index (χ2n) is 3.49. The number of sulfonamides is 1. The Bertz CT molecular complexity index is 585. The monoisotopic (exact) mass is 306 g/mol. The molecule has 0 heterocycles. The highest BCUT2D eigenvalue weighted by atomic mass is 32.2. The molecular formula is C10H14N2O5S2. The molecule has 1 rings (SSSR count). The summed E-state index contributed by atoms with van der Waals surface area (Å²) in [5.74, 6) is -0.777. The number of carbonyl (C=O) groups is 1. The second kappa shape index (κ2) is 6.75. The fraction of sp³-hybridized carbons (Fsp3) is 0.300. The molecule has 0 aliphatic rings. The molecule has 0 saturated carbocycles. The van der Waals surface area contributed by atoms with E-state index < -0.39 is 26.8 Å². The average Bonchev–Trinajstić information content (AvgIpc) is 2.37. The van der Waals surface area contributed by atoms with Crippen molar-refractivity contribution in [1.29, 1.82) is 0 Å². The minimum absolute atomic E-state index is 0.135. The third-order valence-electron chi connectivity index (χ3n) is 2.03. The maximum atomic E-state index is 11.9. The Balaban J connectivity index is 2.95. The molecule has 19 heavy (non-hydrogen) atoms. The van der Waals surface area contributed by atoms with Crippen LogP contribution in [-0.4, -0.2) is 38.4 Å². The van der Waals surface area contributed by atoms with Crippen molar-refractivity contribution in [2.45, 2.75) is 9.79 Å². The molecule has 0 radical (unpaired) electrons. The van der Waals surface area contributed by atoms with Gasteiger partial charge in [0.15, 0.2) is 0 Å². The fourth-order valence-electron chi connectivity index (χ4n) is 1.24. The maximum absolute atomic E-state index is 11.9. The van der Waals surface area contributed by atoms with Gasteiger partial charge in [0.05, 0.1) is 22.2 Å². The van der Waals surface area contributed by atoms with Crippen LogP contribution in [0.4, 0.5) is 0 Å². The van der Waals surface area contributed by atoms with Gasteiger partial charge in [0.1, 0.15) is 4.90 Å². The molecule has 1 aromatic rings. The molecule has 1 atom stereocenters. The van der Waals surface area contributed by atoms with Crippen LogP contribution in [0.3, 0.4) is 0 Å². The third-order valence-corrected chi connectivity index (χ3v) is 4.38. The van der Waals surface area contributed by atoms with Gasteiger partial charge in [-0.3, -0.25) is 4.21 Å². The van der Waals surface area contributed by atoms with E-state index in [0.717, 1.165) is 0 Å². The first-order valence-corrected chi connectivity index (χ1v) is 8.21. The van der Waals surface area contributed by atoms with E-state index in [9.17, 15) is 17.4 Å².